The van der Waals surface area contributed by atoms with Gasteiger partial charge in [-0.15, -0.1) is 0 Å². The molecule has 3 rings (SSSR count). The molecule has 2 aromatic carbocycles. The summed E-state index contributed by atoms with van der Waals surface area (Å²) in [6, 6.07) is 15.1. The van der Waals surface area contributed by atoms with E-state index in [1.165, 1.54) is 25.6 Å². The van der Waals surface area contributed by atoms with Crippen molar-refractivity contribution in [2.75, 3.05) is 30.4 Å². The number of hydrogen-bond acceptors (Lipinski definition) is 4. The Morgan fingerprint density at radius 1 is 1.22 bits per heavy atom. The number of hydrogen-bond donors (Lipinski definition) is 1. The first-order chi connectivity index (χ1) is 13.1. The van der Waals surface area contributed by atoms with Crippen LogP contribution in [0, 0.1) is 18.3 Å². The lowest BCUT2D eigenvalue weighted by atomic mass is 10.1. The van der Waals surface area contributed by atoms with Gasteiger partial charge in [0.2, 0.25) is 0 Å². The number of ether oxygens (including phenoxy) is 1. The monoisotopic (exact) mass is 361 g/mol. The van der Waals surface area contributed by atoms with Crippen LogP contribution in [0.25, 0.3) is 6.08 Å². The number of para-hydroxylation sites is 2. The van der Waals surface area contributed by atoms with Crippen LogP contribution in [0.15, 0.2) is 48.0 Å². The Kier molecular flexibility index (Phi) is 5.77. The molecule has 0 aliphatic carbocycles. The van der Waals surface area contributed by atoms with E-state index < -0.39 is 5.91 Å². The minimum Gasteiger partial charge on any atom is -0.495 e. The van der Waals surface area contributed by atoms with Gasteiger partial charge in [0.15, 0.2) is 0 Å². The molecule has 1 amide bonds. The number of methoxy groups -OCH3 is 1. The maximum absolute atomic E-state index is 12.5. The second-order valence-electron chi connectivity index (χ2n) is 6.56. The summed E-state index contributed by atoms with van der Waals surface area (Å²) >= 11 is 0. The molecule has 138 valence electrons. The summed E-state index contributed by atoms with van der Waals surface area (Å²) in [5.41, 5.74) is 3.79. The normalized spacial score (nSPS) is 14.0. The predicted molar refractivity (Wildman–Crippen MR) is 108 cm³/mol. The minimum atomic E-state index is -0.455. The number of nitrogens with one attached hydrogen (secondary N) is 1. The smallest absolute Gasteiger partial charge is 0.266 e. The van der Waals surface area contributed by atoms with Crippen molar-refractivity contribution < 1.29 is 9.53 Å². The summed E-state index contributed by atoms with van der Waals surface area (Å²) in [4.78, 5) is 14.9. The first-order valence-corrected chi connectivity index (χ1v) is 9.04. The average molecular weight is 361 g/mol. The number of nitrogens with zero attached hydrogens (tertiary/aromatic N) is 2. The molecule has 0 aromatic heterocycles. The number of aryl methyl sites for hydroxylation is 1. The van der Waals surface area contributed by atoms with E-state index in [-0.39, 0.29) is 5.57 Å². The van der Waals surface area contributed by atoms with Gasteiger partial charge in [-0.1, -0.05) is 18.2 Å². The minimum absolute atomic E-state index is 0.0502. The summed E-state index contributed by atoms with van der Waals surface area (Å²) < 4.78 is 5.23. The molecule has 1 saturated heterocycles. The quantitative estimate of drug-likeness (QED) is 0.642. The second kappa shape index (κ2) is 8.41. The van der Waals surface area contributed by atoms with Gasteiger partial charge in [-0.05, 0) is 61.2 Å². The van der Waals surface area contributed by atoms with Crippen LogP contribution >= 0.6 is 0 Å². The lowest BCUT2D eigenvalue weighted by Crippen LogP contribution is -2.18. The highest BCUT2D eigenvalue weighted by Crippen LogP contribution is 2.26. The fraction of sp³-hybridized carbons (Fsp3) is 0.273. The Morgan fingerprint density at radius 2 is 1.96 bits per heavy atom. The fourth-order valence-electron chi connectivity index (χ4n) is 3.33. The van der Waals surface area contributed by atoms with Crippen molar-refractivity contribution >= 4 is 23.4 Å². The average Bonchev–Trinajstić information content (AvgIpc) is 3.21. The van der Waals surface area contributed by atoms with Crippen LogP contribution in [0.4, 0.5) is 11.4 Å². The van der Waals surface area contributed by atoms with Crippen molar-refractivity contribution in [1.82, 2.24) is 0 Å². The number of amides is 1. The lowest BCUT2D eigenvalue weighted by Gasteiger charge is -2.20. The fourth-order valence-corrected chi connectivity index (χ4v) is 3.33. The number of nitriles is 1. The Bertz CT molecular complexity index is 906. The third-order valence-corrected chi connectivity index (χ3v) is 4.70. The molecule has 0 atom stereocenters. The van der Waals surface area contributed by atoms with Crippen molar-refractivity contribution in [3.05, 3.63) is 59.2 Å². The molecule has 0 bridgehead atoms. The number of benzene rings is 2. The first-order valence-electron chi connectivity index (χ1n) is 9.04. The van der Waals surface area contributed by atoms with E-state index in [4.69, 9.17) is 4.74 Å². The van der Waals surface area contributed by atoms with Crippen LogP contribution < -0.4 is 15.0 Å². The zero-order chi connectivity index (χ0) is 19.2. The van der Waals surface area contributed by atoms with Gasteiger partial charge in [0, 0.05) is 18.8 Å². The van der Waals surface area contributed by atoms with Crippen molar-refractivity contribution in [1.29, 1.82) is 5.26 Å². The Balaban J connectivity index is 1.80. The zero-order valence-electron chi connectivity index (χ0n) is 15.7. The predicted octanol–water partition coefficient (Wildman–Crippen LogP) is 4.15. The molecule has 1 heterocycles. The van der Waals surface area contributed by atoms with E-state index in [1.807, 2.05) is 24.3 Å². The standard InChI is InChI=1S/C22H23N3O2/c1-16-13-17(9-10-20(16)25-11-5-6-12-25)14-18(15-23)22(26)24-19-7-3-4-8-21(19)27-2/h3-4,7-10,13-14H,5-6,11-12H2,1-2H3,(H,24,26)/b18-14+. The van der Waals surface area contributed by atoms with Gasteiger partial charge < -0.3 is 15.0 Å². The van der Waals surface area contributed by atoms with Gasteiger partial charge >= 0.3 is 0 Å². The van der Waals surface area contributed by atoms with Crippen LogP contribution in [0.3, 0.4) is 0 Å². The van der Waals surface area contributed by atoms with Crippen LogP contribution in [0.1, 0.15) is 24.0 Å². The van der Waals surface area contributed by atoms with E-state index in [2.05, 4.69) is 23.2 Å². The highest BCUT2D eigenvalue weighted by atomic mass is 16.5. The van der Waals surface area contributed by atoms with Crippen molar-refractivity contribution in [3.8, 4) is 11.8 Å². The topological polar surface area (TPSA) is 65.4 Å². The number of carbonyl (C=O) groups is 1. The summed E-state index contributed by atoms with van der Waals surface area (Å²) in [6.45, 7) is 4.23. The van der Waals surface area contributed by atoms with Crippen LogP contribution in [-0.2, 0) is 4.79 Å². The molecule has 1 fully saturated rings. The van der Waals surface area contributed by atoms with Crippen LogP contribution in [0.5, 0.6) is 5.75 Å². The molecule has 0 unspecified atom stereocenters. The van der Waals surface area contributed by atoms with Crippen molar-refractivity contribution in [2.24, 2.45) is 0 Å². The Labute approximate surface area is 159 Å². The molecule has 0 radical (unpaired) electrons. The van der Waals surface area contributed by atoms with E-state index in [1.54, 1.807) is 24.3 Å². The largest absolute Gasteiger partial charge is 0.495 e. The van der Waals surface area contributed by atoms with Crippen molar-refractivity contribution in [2.45, 2.75) is 19.8 Å². The van der Waals surface area contributed by atoms with E-state index in [9.17, 15) is 10.1 Å². The molecule has 1 aliphatic rings. The zero-order valence-corrected chi connectivity index (χ0v) is 15.7. The van der Waals surface area contributed by atoms with Gasteiger partial charge in [-0.2, -0.15) is 5.26 Å². The number of anilines is 2. The molecule has 0 saturated carbocycles. The molecule has 5 heteroatoms. The summed E-state index contributed by atoms with van der Waals surface area (Å²) in [5, 5.41) is 12.2. The first kappa shape index (κ1) is 18.5. The van der Waals surface area contributed by atoms with Gasteiger partial charge in [0.05, 0.1) is 12.8 Å². The SMILES string of the molecule is COc1ccccc1NC(=O)/C(C#N)=C/c1ccc(N2CCCC2)c(C)c1. The maximum atomic E-state index is 12.5. The Morgan fingerprint density at radius 3 is 2.63 bits per heavy atom. The van der Waals surface area contributed by atoms with Crippen LogP contribution in [0.2, 0.25) is 0 Å². The third kappa shape index (κ3) is 4.29. The highest BCUT2D eigenvalue weighted by molar-refractivity contribution is 6.10. The van der Waals surface area contributed by atoms with E-state index in [0.29, 0.717) is 11.4 Å². The van der Waals surface area contributed by atoms with E-state index >= 15 is 0 Å². The maximum Gasteiger partial charge on any atom is 0.266 e. The second-order valence-corrected chi connectivity index (χ2v) is 6.56. The molecule has 27 heavy (non-hydrogen) atoms. The molecular formula is C22H23N3O2. The van der Waals surface area contributed by atoms with Gasteiger partial charge in [-0.25, -0.2) is 0 Å². The lowest BCUT2D eigenvalue weighted by molar-refractivity contribution is -0.112. The molecular weight excluding hydrogens is 338 g/mol. The highest BCUT2D eigenvalue weighted by Gasteiger charge is 2.15. The third-order valence-electron chi connectivity index (χ3n) is 4.70. The molecule has 5 nitrogen and oxygen atoms in total. The molecule has 1 N–H and O–H groups in total. The number of carbonyl (C=O) groups excluding carboxylic acids is 1. The summed E-state index contributed by atoms with van der Waals surface area (Å²) in [6.07, 6.45) is 4.07. The van der Waals surface area contributed by atoms with Crippen molar-refractivity contribution in [3.63, 3.8) is 0 Å². The molecule has 2 aromatic rings. The molecule has 1 aliphatic heterocycles. The summed E-state index contributed by atoms with van der Waals surface area (Å²) in [5.74, 6) is 0.0947. The van der Waals surface area contributed by atoms with Crippen LogP contribution in [-0.4, -0.2) is 26.1 Å². The van der Waals surface area contributed by atoms with Gasteiger partial charge in [0.25, 0.3) is 5.91 Å². The Hall–Kier alpha value is -3.26. The molecule has 0 spiro atoms. The van der Waals surface area contributed by atoms with Gasteiger partial charge in [0.1, 0.15) is 17.4 Å². The summed E-state index contributed by atoms with van der Waals surface area (Å²) in [7, 11) is 1.54. The number of rotatable bonds is 5. The van der Waals surface area contributed by atoms with Gasteiger partial charge in [-0.3, -0.25) is 4.79 Å². The van der Waals surface area contributed by atoms with E-state index in [0.717, 1.165) is 24.2 Å².